The van der Waals surface area contributed by atoms with E-state index in [0.29, 0.717) is 24.5 Å². The number of nitrogens with zero attached hydrogens (tertiary/aromatic N) is 3. The Balaban J connectivity index is 1.13. The minimum absolute atomic E-state index is 0.370. The molecule has 0 bridgehead atoms. The van der Waals surface area contributed by atoms with Crippen molar-refractivity contribution in [1.29, 1.82) is 0 Å². The number of likely N-dealkylation sites (tertiary alicyclic amines) is 1. The molecule has 0 aromatic carbocycles. The van der Waals surface area contributed by atoms with Crippen LogP contribution >= 0.6 is 0 Å². The molecule has 184 valence electrons. The summed E-state index contributed by atoms with van der Waals surface area (Å²) in [5.74, 6) is 3.16. The lowest BCUT2D eigenvalue weighted by molar-refractivity contribution is -0.134. The molecule has 2 aliphatic carbocycles. The first-order chi connectivity index (χ1) is 15.7. The Morgan fingerprint density at radius 1 is 0.812 bits per heavy atom. The average Bonchev–Trinajstić information content (AvgIpc) is 2.87. The number of carbonyl (C=O) groups is 1. The summed E-state index contributed by atoms with van der Waals surface area (Å²) >= 11 is 0. The molecule has 2 saturated heterocycles. The van der Waals surface area contributed by atoms with Crippen LogP contribution in [0.25, 0.3) is 0 Å². The van der Waals surface area contributed by atoms with Crippen LogP contribution < -0.4 is 0 Å². The SMILES string of the molecule is COC1CCCCC1N1CCN(C(=O)CCN2CCC(C(C)C3CCCCC3)CC2)CC1. The highest BCUT2D eigenvalue weighted by Crippen LogP contribution is 2.37. The Morgan fingerprint density at radius 3 is 2.12 bits per heavy atom. The van der Waals surface area contributed by atoms with Gasteiger partial charge in [-0.25, -0.2) is 0 Å². The minimum Gasteiger partial charge on any atom is -0.380 e. The van der Waals surface area contributed by atoms with Gasteiger partial charge in [0.05, 0.1) is 6.10 Å². The second-order valence-electron chi connectivity index (χ2n) is 11.2. The van der Waals surface area contributed by atoms with Crippen LogP contribution in [-0.2, 0) is 9.53 Å². The number of methoxy groups -OCH3 is 1. The monoisotopic (exact) mass is 447 g/mol. The summed E-state index contributed by atoms with van der Waals surface area (Å²) < 4.78 is 5.77. The molecular formula is C27H49N3O2. The van der Waals surface area contributed by atoms with E-state index in [1.807, 2.05) is 7.11 Å². The summed E-state index contributed by atoms with van der Waals surface area (Å²) in [5, 5.41) is 0. The molecule has 0 radical (unpaired) electrons. The first kappa shape index (κ1) is 24.5. The number of piperidine rings is 1. The van der Waals surface area contributed by atoms with E-state index < -0.39 is 0 Å². The third kappa shape index (κ3) is 6.27. The zero-order chi connectivity index (χ0) is 22.3. The molecule has 3 unspecified atom stereocenters. The zero-order valence-electron chi connectivity index (χ0n) is 21.0. The van der Waals surface area contributed by atoms with Crippen molar-refractivity contribution in [3.05, 3.63) is 0 Å². The van der Waals surface area contributed by atoms with Gasteiger partial charge < -0.3 is 14.5 Å². The molecular weight excluding hydrogens is 398 g/mol. The van der Waals surface area contributed by atoms with Gasteiger partial charge in [-0.2, -0.15) is 0 Å². The smallest absolute Gasteiger partial charge is 0.223 e. The number of hydrogen-bond donors (Lipinski definition) is 0. The average molecular weight is 448 g/mol. The van der Waals surface area contributed by atoms with E-state index in [1.54, 1.807) is 0 Å². The van der Waals surface area contributed by atoms with Crippen molar-refractivity contribution in [1.82, 2.24) is 14.7 Å². The van der Waals surface area contributed by atoms with Crippen molar-refractivity contribution in [2.75, 3.05) is 52.9 Å². The summed E-state index contributed by atoms with van der Waals surface area (Å²) in [6, 6.07) is 0.559. The summed E-state index contributed by atoms with van der Waals surface area (Å²) in [6.07, 6.45) is 16.1. The lowest BCUT2D eigenvalue weighted by Gasteiger charge is -2.43. The van der Waals surface area contributed by atoms with Gasteiger partial charge in [0, 0.05) is 52.3 Å². The molecule has 2 saturated carbocycles. The van der Waals surface area contributed by atoms with Crippen molar-refractivity contribution in [3.63, 3.8) is 0 Å². The van der Waals surface area contributed by atoms with Crippen molar-refractivity contribution >= 4 is 5.91 Å². The summed E-state index contributed by atoms with van der Waals surface area (Å²) in [6.45, 7) is 9.70. The lowest BCUT2D eigenvalue weighted by atomic mass is 9.72. The number of carbonyl (C=O) groups excluding carboxylic acids is 1. The molecule has 2 heterocycles. The molecule has 5 nitrogen and oxygen atoms in total. The second-order valence-corrected chi connectivity index (χ2v) is 11.2. The first-order valence-corrected chi connectivity index (χ1v) is 13.9. The molecule has 0 aromatic rings. The predicted molar refractivity (Wildman–Crippen MR) is 131 cm³/mol. The van der Waals surface area contributed by atoms with E-state index in [9.17, 15) is 4.79 Å². The maximum absolute atomic E-state index is 12.9. The van der Waals surface area contributed by atoms with Gasteiger partial charge >= 0.3 is 0 Å². The molecule has 4 aliphatic rings. The Kier molecular flexibility index (Phi) is 9.31. The van der Waals surface area contributed by atoms with E-state index in [1.165, 1.54) is 83.7 Å². The standard InChI is InChI=1S/C27H49N3O2/c1-22(23-8-4-3-5-9-23)24-12-15-28(16-13-24)17-14-27(31)30-20-18-29(19-21-30)25-10-6-7-11-26(25)32-2/h22-26H,3-21H2,1-2H3. The van der Waals surface area contributed by atoms with E-state index in [-0.39, 0.29) is 0 Å². The van der Waals surface area contributed by atoms with Crippen molar-refractivity contribution < 1.29 is 9.53 Å². The highest BCUT2D eigenvalue weighted by molar-refractivity contribution is 5.76. The molecule has 0 N–H and O–H groups in total. The van der Waals surface area contributed by atoms with Crippen molar-refractivity contribution in [3.8, 4) is 0 Å². The molecule has 1 amide bonds. The largest absolute Gasteiger partial charge is 0.380 e. The van der Waals surface area contributed by atoms with E-state index in [2.05, 4.69) is 21.6 Å². The third-order valence-electron chi connectivity index (χ3n) is 9.52. The molecule has 0 aromatic heterocycles. The van der Waals surface area contributed by atoms with Gasteiger partial charge in [-0.05, 0) is 56.5 Å². The third-order valence-corrected chi connectivity index (χ3v) is 9.52. The van der Waals surface area contributed by atoms with Crippen LogP contribution in [0.3, 0.4) is 0 Å². The van der Waals surface area contributed by atoms with Gasteiger partial charge in [-0.15, -0.1) is 0 Å². The van der Waals surface area contributed by atoms with Crippen LogP contribution in [0.2, 0.25) is 0 Å². The molecule has 2 aliphatic heterocycles. The number of rotatable bonds is 7. The fraction of sp³-hybridized carbons (Fsp3) is 0.963. The zero-order valence-corrected chi connectivity index (χ0v) is 21.0. The van der Waals surface area contributed by atoms with Gasteiger partial charge in [0.15, 0.2) is 0 Å². The topological polar surface area (TPSA) is 36.0 Å². The normalized spacial score (nSPS) is 31.0. The molecule has 5 heteroatoms. The highest BCUT2D eigenvalue weighted by atomic mass is 16.5. The van der Waals surface area contributed by atoms with Crippen LogP contribution in [0.5, 0.6) is 0 Å². The van der Waals surface area contributed by atoms with Gasteiger partial charge in [-0.3, -0.25) is 9.69 Å². The van der Waals surface area contributed by atoms with Crippen molar-refractivity contribution in [2.24, 2.45) is 17.8 Å². The summed E-state index contributed by atoms with van der Waals surface area (Å²) in [5.41, 5.74) is 0. The molecule has 32 heavy (non-hydrogen) atoms. The second kappa shape index (κ2) is 12.2. The quantitative estimate of drug-likeness (QED) is 0.579. The van der Waals surface area contributed by atoms with Gasteiger partial charge in [0.1, 0.15) is 0 Å². The van der Waals surface area contributed by atoms with Crippen molar-refractivity contribution in [2.45, 2.75) is 96.1 Å². The lowest BCUT2D eigenvalue weighted by Crippen LogP contribution is -2.56. The summed E-state index contributed by atoms with van der Waals surface area (Å²) in [7, 11) is 1.86. The maximum atomic E-state index is 12.9. The Labute approximate surface area is 197 Å². The Morgan fingerprint density at radius 2 is 1.44 bits per heavy atom. The van der Waals surface area contributed by atoms with Gasteiger partial charge in [-0.1, -0.05) is 51.9 Å². The van der Waals surface area contributed by atoms with Gasteiger partial charge in [0.25, 0.3) is 0 Å². The molecule has 4 fully saturated rings. The van der Waals surface area contributed by atoms with Crippen LogP contribution in [-0.4, -0.2) is 85.7 Å². The first-order valence-electron chi connectivity index (χ1n) is 13.9. The predicted octanol–water partition coefficient (Wildman–Crippen LogP) is 4.41. The number of ether oxygens (including phenoxy) is 1. The molecule has 0 spiro atoms. The Bertz CT molecular complexity index is 563. The molecule has 4 rings (SSSR count). The van der Waals surface area contributed by atoms with E-state index in [0.717, 1.165) is 50.5 Å². The number of hydrogen-bond acceptors (Lipinski definition) is 4. The van der Waals surface area contributed by atoms with Crippen LogP contribution in [0.15, 0.2) is 0 Å². The van der Waals surface area contributed by atoms with Crippen LogP contribution in [0.1, 0.15) is 84.0 Å². The van der Waals surface area contributed by atoms with Gasteiger partial charge in [0.2, 0.25) is 5.91 Å². The number of amides is 1. The van der Waals surface area contributed by atoms with E-state index >= 15 is 0 Å². The fourth-order valence-corrected chi connectivity index (χ4v) is 7.23. The maximum Gasteiger partial charge on any atom is 0.223 e. The highest BCUT2D eigenvalue weighted by Gasteiger charge is 2.33. The summed E-state index contributed by atoms with van der Waals surface area (Å²) in [4.78, 5) is 20.2. The fourth-order valence-electron chi connectivity index (χ4n) is 7.23. The van der Waals surface area contributed by atoms with Crippen LogP contribution in [0, 0.1) is 17.8 Å². The molecule has 3 atom stereocenters. The van der Waals surface area contributed by atoms with E-state index in [4.69, 9.17) is 4.74 Å². The van der Waals surface area contributed by atoms with Crippen LogP contribution in [0.4, 0.5) is 0 Å². The Hall–Kier alpha value is -0.650. The number of piperazine rings is 1. The minimum atomic E-state index is 0.370.